The number of hydrogen-bond acceptors (Lipinski definition) is 6. The van der Waals surface area contributed by atoms with Gasteiger partial charge >= 0.3 is 11.6 Å². The second-order valence-electron chi connectivity index (χ2n) is 8.05. The lowest BCUT2D eigenvalue weighted by atomic mass is 10.0. The van der Waals surface area contributed by atoms with Crippen LogP contribution in [0.1, 0.15) is 50.7 Å². The Hall–Kier alpha value is -2.97. The third-order valence-corrected chi connectivity index (χ3v) is 6.80. The van der Waals surface area contributed by atoms with Gasteiger partial charge in [0.1, 0.15) is 17.4 Å². The van der Waals surface area contributed by atoms with Crippen molar-refractivity contribution in [1.82, 2.24) is 4.72 Å². The van der Waals surface area contributed by atoms with E-state index in [1.165, 1.54) is 24.3 Å². The first kappa shape index (κ1) is 24.7. The van der Waals surface area contributed by atoms with Gasteiger partial charge in [0.05, 0.1) is 4.90 Å². The van der Waals surface area contributed by atoms with Crippen molar-refractivity contribution in [2.24, 2.45) is 0 Å². The quantitative estimate of drug-likeness (QED) is 0.265. The number of benzene rings is 2. The van der Waals surface area contributed by atoms with Gasteiger partial charge in [0.2, 0.25) is 10.0 Å². The van der Waals surface area contributed by atoms with Crippen LogP contribution in [0.25, 0.3) is 11.0 Å². The molecule has 0 bridgehead atoms. The second-order valence-corrected chi connectivity index (χ2v) is 9.76. The molecule has 1 atom stereocenters. The molecule has 176 valence electrons. The number of carbonyl (C=O) groups excluding carboxylic acids is 1. The summed E-state index contributed by atoms with van der Waals surface area (Å²) < 4.78 is 38.7. The van der Waals surface area contributed by atoms with Gasteiger partial charge < -0.3 is 9.15 Å². The maximum Gasteiger partial charge on any atom is 0.336 e. The molecule has 0 amide bonds. The predicted molar refractivity (Wildman–Crippen MR) is 127 cm³/mol. The lowest BCUT2D eigenvalue weighted by molar-refractivity contribution is -0.136. The SMILES string of the molecule is CCCCc1cc(=O)oc2cc(OC(=O)[C@H](CCC)NS(=O)(=O)c3ccc(C)cc3)ccc12. The molecule has 0 saturated heterocycles. The van der Waals surface area contributed by atoms with Gasteiger partial charge in [-0.15, -0.1) is 0 Å². The third-order valence-electron chi connectivity index (χ3n) is 5.31. The number of fused-ring (bicyclic) bond motifs is 1. The van der Waals surface area contributed by atoms with E-state index in [-0.39, 0.29) is 17.1 Å². The van der Waals surface area contributed by atoms with E-state index in [9.17, 15) is 18.0 Å². The number of rotatable bonds is 10. The summed E-state index contributed by atoms with van der Waals surface area (Å²) in [6.07, 6.45) is 3.53. The highest BCUT2D eigenvalue weighted by Crippen LogP contribution is 2.24. The number of nitrogens with one attached hydrogen (secondary N) is 1. The zero-order valence-corrected chi connectivity index (χ0v) is 19.9. The van der Waals surface area contributed by atoms with E-state index < -0.39 is 27.7 Å². The Morgan fingerprint density at radius 2 is 1.79 bits per heavy atom. The molecule has 0 saturated carbocycles. The van der Waals surface area contributed by atoms with Crippen molar-refractivity contribution >= 4 is 27.0 Å². The van der Waals surface area contributed by atoms with Crippen molar-refractivity contribution in [3.8, 4) is 5.75 Å². The van der Waals surface area contributed by atoms with Crippen LogP contribution >= 0.6 is 0 Å². The molecule has 0 spiro atoms. The molecule has 1 heterocycles. The van der Waals surface area contributed by atoms with Crippen molar-refractivity contribution < 1.29 is 22.4 Å². The standard InChI is InChI=1S/C25H29NO6S/c1-4-6-8-18-15-24(27)32-23-16-19(11-14-21(18)23)31-25(28)22(7-5-2)26-33(29,30)20-12-9-17(3)10-13-20/h9-16,22,26H,4-8H2,1-3H3/t22-/m0/s1. The molecule has 0 aliphatic rings. The minimum absolute atomic E-state index is 0.0779. The fraction of sp³-hybridized carbons (Fsp3) is 0.360. The summed E-state index contributed by atoms with van der Waals surface area (Å²) in [5.74, 6) is -0.546. The van der Waals surface area contributed by atoms with Gasteiger partial charge in [-0.2, -0.15) is 4.72 Å². The van der Waals surface area contributed by atoms with E-state index in [0.29, 0.717) is 12.0 Å². The zero-order valence-electron chi connectivity index (χ0n) is 19.1. The highest BCUT2D eigenvalue weighted by atomic mass is 32.2. The monoisotopic (exact) mass is 471 g/mol. The summed E-state index contributed by atoms with van der Waals surface area (Å²) in [5.41, 5.74) is 1.67. The molecule has 0 unspecified atom stereocenters. The van der Waals surface area contributed by atoms with Gasteiger partial charge in [0.15, 0.2) is 0 Å². The van der Waals surface area contributed by atoms with Gasteiger partial charge in [0, 0.05) is 17.5 Å². The molecule has 8 heteroatoms. The molecule has 1 aromatic heterocycles. The smallest absolute Gasteiger partial charge is 0.336 e. The van der Waals surface area contributed by atoms with Crippen molar-refractivity contribution in [2.75, 3.05) is 0 Å². The lowest BCUT2D eigenvalue weighted by Crippen LogP contribution is -2.42. The number of carbonyl (C=O) groups is 1. The molecule has 3 rings (SSSR count). The number of esters is 1. The molecule has 2 aromatic carbocycles. The van der Waals surface area contributed by atoms with Crippen LogP contribution in [0.2, 0.25) is 0 Å². The number of unbranched alkanes of at least 4 members (excludes halogenated alkanes) is 1. The van der Waals surface area contributed by atoms with Crippen LogP contribution in [0.3, 0.4) is 0 Å². The fourth-order valence-electron chi connectivity index (χ4n) is 3.52. The van der Waals surface area contributed by atoms with E-state index in [1.807, 2.05) is 13.8 Å². The summed E-state index contributed by atoms with van der Waals surface area (Å²) in [7, 11) is -3.90. The summed E-state index contributed by atoms with van der Waals surface area (Å²) in [6, 6.07) is 11.7. The van der Waals surface area contributed by atoms with Crippen LogP contribution in [-0.2, 0) is 21.2 Å². The molecule has 33 heavy (non-hydrogen) atoms. The van der Waals surface area contributed by atoms with Gasteiger partial charge in [-0.3, -0.25) is 0 Å². The highest BCUT2D eigenvalue weighted by molar-refractivity contribution is 7.89. The number of hydrogen-bond donors (Lipinski definition) is 1. The molecule has 7 nitrogen and oxygen atoms in total. The van der Waals surface area contributed by atoms with Crippen molar-refractivity contribution in [2.45, 2.75) is 63.8 Å². The van der Waals surface area contributed by atoms with Crippen molar-refractivity contribution in [1.29, 1.82) is 0 Å². The number of aryl methyl sites for hydroxylation is 2. The minimum Gasteiger partial charge on any atom is -0.425 e. The van der Waals surface area contributed by atoms with Gasteiger partial charge in [-0.25, -0.2) is 18.0 Å². The largest absolute Gasteiger partial charge is 0.425 e. The Bertz CT molecular complexity index is 1280. The third kappa shape index (κ3) is 6.30. The lowest BCUT2D eigenvalue weighted by Gasteiger charge is -2.17. The molecule has 0 aliphatic carbocycles. The van der Waals surface area contributed by atoms with Crippen LogP contribution in [0, 0.1) is 6.92 Å². The Morgan fingerprint density at radius 3 is 2.45 bits per heavy atom. The molecule has 1 N–H and O–H groups in total. The summed E-state index contributed by atoms with van der Waals surface area (Å²) in [4.78, 5) is 24.9. The van der Waals surface area contributed by atoms with Gasteiger partial charge in [0.25, 0.3) is 0 Å². The van der Waals surface area contributed by atoms with Crippen LogP contribution < -0.4 is 15.1 Å². The Balaban J connectivity index is 1.82. The maximum absolute atomic E-state index is 12.8. The minimum atomic E-state index is -3.90. The van der Waals surface area contributed by atoms with Crippen LogP contribution in [0.5, 0.6) is 5.75 Å². The fourth-order valence-corrected chi connectivity index (χ4v) is 4.74. The molecular formula is C25H29NO6S. The molecule has 0 fully saturated rings. The average Bonchev–Trinajstić information content (AvgIpc) is 2.77. The number of ether oxygens (including phenoxy) is 1. The second kappa shape index (κ2) is 10.8. The van der Waals surface area contributed by atoms with E-state index in [0.717, 1.165) is 35.8 Å². The topological polar surface area (TPSA) is 103 Å². The first-order valence-electron chi connectivity index (χ1n) is 11.1. The van der Waals surface area contributed by atoms with Crippen molar-refractivity contribution in [3.05, 3.63) is 70.1 Å². The Morgan fingerprint density at radius 1 is 1.06 bits per heavy atom. The number of sulfonamides is 1. The van der Waals surface area contributed by atoms with Gasteiger partial charge in [-0.1, -0.05) is 44.4 Å². The van der Waals surface area contributed by atoms with E-state index in [2.05, 4.69) is 11.6 Å². The van der Waals surface area contributed by atoms with Crippen molar-refractivity contribution in [3.63, 3.8) is 0 Å². The van der Waals surface area contributed by atoms with E-state index in [1.54, 1.807) is 24.3 Å². The van der Waals surface area contributed by atoms with Crippen LogP contribution in [-0.4, -0.2) is 20.4 Å². The maximum atomic E-state index is 12.8. The van der Waals surface area contributed by atoms with E-state index in [4.69, 9.17) is 9.15 Å². The summed E-state index contributed by atoms with van der Waals surface area (Å²) >= 11 is 0. The zero-order chi connectivity index (χ0) is 24.0. The molecule has 3 aromatic rings. The normalized spacial score (nSPS) is 12.6. The summed E-state index contributed by atoms with van der Waals surface area (Å²) in [5, 5.41) is 0.785. The Labute approximate surface area is 193 Å². The summed E-state index contributed by atoms with van der Waals surface area (Å²) in [6.45, 7) is 5.79. The molecule has 0 aliphatic heterocycles. The Kier molecular flexibility index (Phi) is 8.05. The van der Waals surface area contributed by atoms with Crippen LogP contribution in [0.15, 0.2) is 62.6 Å². The highest BCUT2D eigenvalue weighted by Gasteiger charge is 2.27. The van der Waals surface area contributed by atoms with E-state index >= 15 is 0 Å². The predicted octanol–water partition coefficient (Wildman–Crippen LogP) is 4.50. The first-order chi connectivity index (χ1) is 15.7. The van der Waals surface area contributed by atoms with Crippen LogP contribution in [0.4, 0.5) is 0 Å². The molecule has 0 radical (unpaired) electrons. The first-order valence-corrected chi connectivity index (χ1v) is 12.6. The molecular weight excluding hydrogens is 442 g/mol. The average molecular weight is 472 g/mol. The van der Waals surface area contributed by atoms with Gasteiger partial charge in [-0.05, 0) is 56.0 Å².